The van der Waals surface area contributed by atoms with E-state index in [0.29, 0.717) is 24.1 Å². The van der Waals surface area contributed by atoms with Gasteiger partial charge in [0, 0.05) is 25.7 Å². The molecule has 1 aromatic heterocycles. The number of carbonyl (C=O) groups is 1. The Morgan fingerprint density at radius 2 is 2.00 bits per heavy atom. The predicted molar refractivity (Wildman–Crippen MR) is 94.2 cm³/mol. The average Bonchev–Trinajstić information content (AvgIpc) is 2.92. The molecule has 1 amide bonds. The molecule has 0 fully saturated rings. The van der Waals surface area contributed by atoms with Crippen LogP contribution < -0.4 is 0 Å². The molecule has 0 unspecified atom stereocenters. The Morgan fingerprint density at radius 3 is 2.58 bits per heavy atom. The van der Waals surface area contributed by atoms with Gasteiger partial charge in [-0.25, -0.2) is 4.39 Å². The van der Waals surface area contributed by atoms with E-state index >= 15 is 0 Å². The van der Waals surface area contributed by atoms with Gasteiger partial charge >= 0.3 is 0 Å². The zero-order valence-electron chi connectivity index (χ0n) is 14.1. The minimum absolute atomic E-state index is 0.0387. The minimum atomic E-state index is -0.293. The highest BCUT2D eigenvalue weighted by atomic mass is 32.2. The van der Waals surface area contributed by atoms with Gasteiger partial charge in [-0.05, 0) is 38.1 Å². The van der Waals surface area contributed by atoms with Crippen LogP contribution >= 0.6 is 11.8 Å². The van der Waals surface area contributed by atoms with Crippen molar-refractivity contribution < 1.29 is 9.18 Å². The number of amides is 1. The Balaban J connectivity index is 2.05. The summed E-state index contributed by atoms with van der Waals surface area (Å²) in [5, 5.41) is 8.91. The Morgan fingerprint density at radius 1 is 1.33 bits per heavy atom. The second-order valence-electron chi connectivity index (χ2n) is 5.53. The number of benzene rings is 1. The third kappa shape index (κ3) is 4.44. The molecule has 0 N–H and O–H groups in total. The number of aromatic nitrogens is 3. The van der Waals surface area contributed by atoms with Crippen LogP contribution in [0.3, 0.4) is 0 Å². The largest absolute Gasteiger partial charge is 0.338 e. The molecule has 5 nitrogen and oxygen atoms in total. The number of nitrogens with zero attached hydrogens (tertiary/aromatic N) is 4. The van der Waals surface area contributed by atoms with Crippen LogP contribution in [0, 0.1) is 5.82 Å². The van der Waals surface area contributed by atoms with Crippen molar-refractivity contribution in [1.29, 1.82) is 0 Å². The summed E-state index contributed by atoms with van der Waals surface area (Å²) in [6.07, 6.45) is 0. The van der Waals surface area contributed by atoms with Gasteiger partial charge in [0.2, 0.25) is 5.91 Å². The summed E-state index contributed by atoms with van der Waals surface area (Å²) < 4.78 is 14.8. The van der Waals surface area contributed by atoms with Crippen LogP contribution in [0.25, 0.3) is 11.4 Å². The summed E-state index contributed by atoms with van der Waals surface area (Å²) in [6.45, 7) is 8.91. The highest BCUT2D eigenvalue weighted by Gasteiger charge is 2.16. The first kappa shape index (κ1) is 18.2. The fourth-order valence-corrected chi connectivity index (χ4v) is 3.02. The van der Waals surface area contributed by atoms with E-state index in [4.69, 9.17) is 0 Å². The number of thioether (sulfide) groups is 1. The van der Waals surface area contributed by atoms with Crippen molar-refractivity contribution in [2.75, 3.05) is 18.8 Å². The summed E-state index contributed by atoms with van der Waals surface area (Å²) in [6, 6.07) is 6.09. The standard InChI is InChI=1S/C17H21FN4OS/c1-5-22(10-12(2)3)15(23)11-24-17-20-19-16(21(17)4)13-6-8-14(18)9-7-13/h6-9H,2,5,10-11H2,1,3-4H3. The van der Waals surface area contributed by atoms with Gasteiger partial charge in [-0.2, -0.15) is 0 Å². The Labute approximate surface area is 145 Å². The molecular weight excluding hydrogens is 327 g/mol. The van der Waals surface area contributed by atoms with Crippen molar-refractivity contribution in [3.63, 3.8) is 0 Å². The number of hydrogen-bond acceptors (Lipinski definition) is 4. The maximum atomic E-state index is 13.0. The zero-order chi connectivity index (χ0) is 17.7. The Hall–Kier alpha value is -2.15. The van der Waals surface area contributed by atoms with Crippen LogP contribution in [0.5, 0.6) is 0 Å². The summed E-state index contributed by atoms with van der Waals surface area (Å²) in [5.74, 6) is 0.672. The maximum absolute atomic E-state index is 13.0. The molecule has 0 saturated carbocycles. The number of carbonyl (C=O) groups excluding carboxylic acids is 1. The van der Waals surface area contributed by atoms with Gasteiger partial charge in [0.25, 0.3) is 0 Å². The van der Waals surface area contributed by atoms with E-state index in [-0.39, 0.29) is 17.5 Å². The number of hydrogen-bond donors (Lipinski definition) is 0. The van der Waals surface area contributed by atoms with E-state index < -0.39 is 0 Å². The van der Waals surface area contributed by atoms with Gasteiger partial charge in [-0.1, -0.05) is 23.9 Å². The fraction of sp³-hybridized carbons (Fsp3) is 0.353. The maximum Gasteiger partial charge on any atom is 0.233 e. The van der Waals surface area contributed by atoms with Crippen molar-refractivity contribution in [3.05, 3.63) is 42.2 Å². The molecule has 0 radical (unpaired) electrons. The molecule has 0 aliphatic heterocycles. The first-order chi connectivity index (χ1) is 11.4. The molecular formula is C17H21FN4OS. The van der Waals surface area contributed by atoms with E-state index in [1.807, 2.05) is 20.9 Å². The minimum Gasteiger partial charge on any atom is -0.338 e. The molecule has 2 rings (SSSR count). The van der Waals surface area contributed by atoms with Gasteiger partial charge in [-0.3, -0.25) is 4.79 Å². The molecule has 0 aliphatic rings. The lowest BCUT2D eigenvalue weighted by Gasteiger charge is -2.20. The molecule has 128 valence electrons. The Kier molecular flexibility index (Phi) is 6.14. The highest BCUT2D eigenvalue weighted by molar-refractivity contribution is 7.99. The summed E-state index contributed by atoms with van der Waals surface area (Å²) in [5.41, 5.74) is 1.73. The third-order valence-corrected chi connectivity index (χ3v) is 4.46. The summed E-state index contributed by atoms with van der Waals surface area (Å²) in [4.78, 5) is 14.0. The van der Waals surface area contributed by atoms with Gasteiger partial charge in [-0.15, -0.1) is 10.2 Å². The molecule has 0 spiro atoms. The SMILES string of the molecule is C=C(C)CN(CC)C(=O)CSc1nnc(-c2ccc(F)cc2)n1C. The molecule has 24 heavy (non-hydrogen) atoms. The summed E-state index contributed by atoms with van der Waals surface area (Å²) in [7, 11) is 1.83. The molecule has 1 heterocycles. The molecule has 0 atom stereocenters. The zero-order valence-corrected chi connectivity index (χ0v) is 14.9. The lowest BCUT2D eigenvalue weighted by atomic mass is 10.2. The molecule has 0 aliphatic carbocycles. The number of rotatable bonds is 7. The monoisotopic (exact) mass is 348 g/mol. The van der Waals surface area contributed by atoms with Crippen LogP contribution in [-0.4, -0.2) is 44.4 Å². The van der Waals surface area contributed by atoms with Gasteiger partial charge in [0.05, 0.1) is 5.75 Å². The average molecular weight is 348 g/mol. The quantitative estimate of drug-likeness (QED) is 0.570. The first-order valence-corrected chi connectivity index (χ1v) is 8.61. The molecule has 0 saturated heterocycles. The number of likely N-dealkylation sites (N-methyl/N-ethyl adjacent to an activating group) is 1. The smallest absolute Gasteiger partial charge is 0.233 e. The molecule has 0 bridgehead atoms. The third-order valence-electron chi connectivity index (χ3n) is 3.46. The van der Waals surface area contributed by atoms with Crippen LogP contribution in [0.4, 0.5) is 4.39 Å². The molecule has 2 aromatic rings. The van der Waals surface area contributed by atoms with Gasteiger partial charge < -0.3 is 9.47 Å². The second-order valence-corrected chi connectivity index (χ2v) is 6.47. The van der Waals surface area contributed by atoms with Gasteiger partial charge in [0.1, 0.15) is 5.82 Å². The highest BCUT2D eigenvalue weighted by Crippen LogP contribution is 2.23. The fourth-order valence-electron chi connectivity index (χ4n) is 2.21. The van der Waals surface area contributed by atoms with Crippen molar-refractivity contribution in [2.24, 2.45) is 7.05 Å². The van der Waals surface area contributed by atoms with Crippen LogP contribution in [0.15, 0.2) is 41.6 Å². The molecule has 7 heteroatoms. The lowest BCUT2D eigenvalue weighted by molar-refractivity contribution is -0.127. The topological polar surface area (TPSA) is 51.0 Å². The van der Waals surface area contributed by atoms with Crippen LogP contribution in [0.2, 0.25) is 0 Å². The van der Waals surface area contributed by atoms with Crippen molar-refractivity contribution >= 4 is 17.7 Å². The lowest BCUT2D eigenvalue weighted by Crippen LogP contribution is -2.33. The van der Waals surface area contributed by atoms with Crippen LogP contribution in [0.1, 0.15) is 13.8 Å². The normalized spacial score (nSPS) is 10.7. The van der Waals surface area contributed by atoms with E-state index in [9.17, 15) is 9.18 Å². The number of halogens is 1. The van der Waals surface area contributed by atoms with E-state index in [0.717, 1.165) is 11.1 Å². The van der Waals surface area contributed by atoms with Crippen molar-refractivity contribution in [2.45, 2.75) is 19.0 Å². The van der Waals surface area contributed by atoms with E-state index in [1.54, 1.807) is 21.6 Å². The van der Waals surface area contributed by atoms with Gasteiger partial charge in [0.15, 0.2) is 11.0 Å². The first-order valence-electron chi connectivity index (χ1n) is 7.62. The van der Waals surface area contributed by atoms with Crippen molar-refractivity contribution in [3.8, 4) is 11.4 Å². The van der Waals surface area contributed by atoms with E-state index in [1.165, 1.54) is 23.9 Å². The Bertz CT molecular complexity index is 727. The summed E-state index contributed by atoms with van der Waals surface area (Å²) >= 11 is 1.34. The van der Waals surface area contributed by atoms with Crippen molar-refractivity contribution in [1.82, 2.24) is 19.7 Å². The predicted octanol–water partition coefficient (Wildman–Crippen LogP) is 3.14. The molecule has 1 aromatic carbocycles. The van der Waals surface area contributed by atoms with E-state index in [2.05, 4.69) is 16.8 Å². The second kappa shape index (κ2) is 8.10. The van der Waals surface area contributed by atoms with Crippen LogP contribution in [-0.2, 0) is 11.8 Å².